The molecular formula is C22H23N3O2. The highest BCUT2D eigenvalue weighted by Gasteiger charge is 2.22. The zero-order valence-corrected chi connectivity index (χ0v) is 15.6. The molecule has 1 aromatic heterocycles. The molecule has 1 heterocycles. The molecule has 4 rings (SSSR count). The van der Waals surface area contributed by atoms with E-state index in [2.05, 4.69) is 28.6 Å². The van der Waals surface area contributed by atoms with Crippen LogP contribution in [-0.2, 0) is 17.6 Å². The van der Waals surface area contributed by atoms with Gasteiger partial charge in [0.2, 0.25) is 5.91 Å². The van der Waals surface area contributed by atoms with Crippen LogP contribution in [0, 0.1) is 5.92 Å². The van der Waals surface area contributed by atoms with Crippen LogP contribution in [0.15, 0.2) is 42.5 Å². The van der Waals surface area contributed by atoms with Crippen molar-refractivity contribution >= 4 is 34.1 Å². The lowest BCUT2D eigenvalue weighted by Gasteiger charge is -2.17. The van der Waals surface area contributed by atoms with Crippen LogP contribution in [-0.4, -0.2) is 16.8 Å². The van der Waals surface area contributed by atoms with Gasteiger partial charge in [-0.05, 0) is 61.1 Å². The molecule has 1 aliphatic carbocycles. The van der Waals surface area contributed by atoms with Crippen LogP contribution in [0.25, 0.3) is 10.9 Å². The Labute approximate surface area is 158 Å². The van der Waals surface area contributed by atoms with Crippen molar-refractivity contribution in [1.29, 1.82) is 0 Å². The summed E-state index contributed by atoms with van der Waals surface area (Å²) in [5.74, 6) is 0.416. The first kappa shape index (κ1) is 17.3. The summed E-state index contributed by atoms with van der Waals surface area (Å²) < 4.78 is 0. The summed E-state index contributed by atoms with van der Waals surface area (Å²) in [7, 11) is 0. The van der Waals surface area contributed by atoms with Crippen molar-refractivity contribution in [3.63, 3.8) is 0 Å². The Hall–Kier alpha value is -3.08. The number of nitrogens with one attached hydrogen (secondary N) is 3. The summed E-state index contributed by atoms with van der Waals surface area (Å²) in [6.45, 7) is 3.75. The maximum Gasteiger partial charge on any atom is 0.257 e. The number of amides is 2. The first-order chi connectivity index (χ1) is 13.0. The predicted molar refractivity (Wildman–Crippen MR) is 108 cm³/mol. The fraction of sp³-hybridized carbons (Fsp3) is 0.273. The van der Waals surface area contributed by atoms with Gasteiger partial charge in [-0.15, -0.1) is 0 Å². The molecule has 1 atom stereocenters. The summed E-state index contributed by atoms with van der Waals surface area (Å²) in [5.41, 5.74) is 5.59. The number of benzene rings is 2. The minimum absolute atomic E-state index is 0.122. The Morgan fingerprint density at radius 1 is 1.04 bits per heavy atom. The maximum atomic E-state index is 12.9. The van der Waals surface area contributed by atoms with E-state index < -0.39 is 0 Å². The molecule has 3 N–H and O–H groups in total. The standard InChI is InChI=1S/C22H23N3O2/c1-13-6-11-20-19(12-13)17-4-3-5-18(21(17)25-20)22(27)24-16-9-7-15(8-10-16)23-14(2)26/h3-5,7-10,13,25H,6,11-12H2,1-2H3,(H,23,26)(H,24,27)/t13-/m0/s1. The number of H-pyrrole nitrogens is 1. The molecule has 0 saturated heterocycles. The van der Waals surface area contributed by atoms with E-state index in [0.29, 0.717) is 22.9 Å². The zero-order valence-electron chi connectivity index (χ0n) is 15.6. The Bertz CT molecular complexity index is 1020. The van der Waals surface area contributed by atoms with E-state index in [-0.39, 0.29) is 11.8 Å². The van der Waals surface area contributed by atoms with Crippen molar-refractivity contribution in [1.82, 2.24) is 4.98 Å². The Morgan fingerprint density at radius 2 is 1.74 bits per heavy atom. The van der Waals surface area contributed by atoms with Gasteiger partial charge in [0, 0.05) is 29.4 Å². The van der Waals surface area contributed by atoms with E-state index >= 15 is 0 Å². The smallest absolute Gasteiger partial charge is 0.257 e. The highest BCUT2D eigenvalue weighted by Crippen LogP contribution is 2.33. The number of hydrogen-bond acceptors (Lipinski definition) is 2. The Morgan fingerprint density at radius 3 is 2.44 bits per heavy atom. The molecule has 138 valence electrons. The second-order valence-corrected chi connectivity index (χ2v) is 7.37. The number of rotatable bonds is 3. The first-order valence-electron chi connectivity index (χ1n) is 9.32. The van der Waals surface area contributed by atoms with E-state index in [1.165, 1.54) is 24.6 Å². The normalized spacial score (nSPS) is 16.0. The van der Waals surface area contributed by atoms with Gasteiger partial charge in [-0.25, -0.2) is 0 Å². The van der Waals surface area contributed by atoms with E-state index in [0.717, 1.165) is 23.7 Å². The number of aromatic amines is 1. The van der Waals surface area contributed by atoms with Gasteiger partial charge in [-0.1, -0.05) is 19.1 Å². The summed E-state index contributed by atoms with van der Waals surface area (Å²) in [6, 6.07) is 13.0. The molecule has 2 aromatic carbocycles. The number of anilines is 2. The molecule has 0 saturated carbocycles. The second-order valence-electron chi connectivity index (χ2n) is 7.37. The molecule has 5 heteroatoms. The van der Waals surface area contributed by atoms with Gasteiger partial charge >= 0.3 is 0 Å². The summed E-state index contributed by atoms with van der Waals surface area (Å²) in [4.78, 5) is 27.5. The van der Waals surface area contributed by atoms with Gasteiger partial charge in [0.05, 0.1) is 11.1 Å². The minimum atomic E-state index is -0.139. The van der Waals surface area contributed by atoms with Crippen molar-refractivity contribution in [2.24, 2.45) is 5.92 Å². The number of hydrogen-bond donors (Lipinski definition) is 3. The lowest BCUT2D eigenvalue weighted by molar-refractivity contribution is -0.114. The van der Waals surface area contributed by atoms with E-state index in [9.17, 15) is 9.59 Å². The monoisotopic (exact) mass is 361 g/mol. The average molecular weight is 361 g/mol. The first-order valence-corrected chi connectivity index (χ1v) is 9.32. The lowest BCUT2D eigenvalue weighted by Crippen LogP contribution is -2.12. The fourth-order valence-corrected chi connectivity index (χ4v) is 3.84. The molecule has 0 unspecified atom stereocenters. The van der Waals surface area contributed by atoms with Crippen molar-refractivity contribution < 1.29 is 9.59 Å². The molecule has 1 aliphatic rings. The summed E-state index contributed by atoms with van der Waals surface area (Å²) >= 11 is 0. The highest BCUT2D eigenvalue weighted by atomic mass is 16.2. The number of aromatic nitrogens is 1. The Balaban J connectivity index is 1.60. The van der Waals surface area contributed by atoms with Gasteiger partial charge in [-0.2, -0.15) is 0 Å². The summed E-state index contributed by atoms with van der Waals surface area (Å²) in [5, 5.41) is 6.82. The van der Waals surface area contributed by atoms with Gasteiger partial charge in [0.25, 0.3) is 5.91 Å². The van der Waals surface area contributed by atoms with Crippen molar-refractivity contribution in [3.05, 3.63) is 59.3 Å². The number of aryl methyl sites for hydroxylation is 1. The van der Waals surface area contributed by atoms with Gasteiger partial charge in [-0.3, -0.25) is 9.59 Å². The Kier molecular flexibility index (Phi) is 4.44. The van der Waals surface area contributed by atoms with Crippen LogP contribution in [0.4, 0.5) is 11.4 Å². The molecule has 27 heavy (non-hydrogen) atoms. The maximum absolute atomic E-state index is 12.9. The van der Waals surface area contributed by atoms with Crippen molar-refractivity contribution in [3.8, 4) is 0 Å². The third-order valence-electron chi connectivity index (χ3n) is 5.18. The third-order valence-corrected chi connectivity index (χ3v) is 5.18. The van der Waals surface area contributed by atoms with Gasteiger partial charge in [0.1, 0.15) is 0 Å². The molecule has 0 bridgehead atoms. The van der Waals surface area contributed by atoms with E-state index in [1.807, 2.05) is 12.1 Å². The molecule has 0 radical (unpaired) electrons. The average Bonchev–Trinajstić information content (AvgIpc) is 3.01. The number of carbonyl (C=O) groups excluding carboxylic acids is 2. The second kappa shape index (κ2) is 6.91. The number of para-hydroxylation sites is 1. The summed E-state index contributed by atoms with van der Waals surface area (Å²) in [6.07, 6.45) is 3.28. The molecule has 0 spiro atoms. The SMILES string of the molecule is CC(=O)Nc1ccc(NC(=O)c2cccc3c4c([nH]c23)CC[C@H](C)C4)cc1. The van der Waals surface area contributed by atoms with Crippen LogP contribution >= 0.6 is 0 Å². The molecule has 3 aromatic rings. The molecule has 0 fully saturated rings. The van der Waals surface area contributed by atoms with Gasteiger partial charge in [0.15, 0.2) is 0 Å². The largest absolute Gasteiger partial charge is 0.358 e. The minimum Gasteiger partial charge on any atom is -0.358 e. The molecule has 5 nitrogen and oxygen atoms in total. The molecule has 0 aliphatic heterocycles. The fourth-order valence-electron chi connectivity index (χ4n) is 3.84. The molecule has 2 amide bonds. The van der Waals surface area contributed by atoms with Gasteiger partial charge < -0.3 is 15.6 Å². The van der Waals surface area contributed by atoms with Crippen LogP contribution in [0.2, 0.25) is 0 Å². The molecular weight excluding hydrogens is 338 g/mol. The predicted octanol–water partition coefficient (Wildman–Crippen LogP) is 4.50. The van der Waals surface area contributed by atoms with E-state index in [1.54, 1.807) is 24.3 Å². The van der Waals surface area contributed by atoms with Crippen molar-refractivity contribution in [2.45, 2.75) is 33.1 Å². The van der Waals surface area contributed by atoms with Crippen LogP contribution in [0.5, 0.6) is 0 Å². The van der Waals surface area contributed by atoms with E-state index in [4.69, 9.17) is 0 Å². The quantitative estimate of drug-likeness (QED) is 0.642. The third kappa shape index (κ3) is 3.45. The lowest BCUT2D eigenvalue weighted by atomic mass is 9.87. The van der Waals surface area contributed by atoms with Crippen LogP contribution in [0.3, 0.4) is 0 Å². The highest BCUT2D eigenvalue weighted by molar-refractivity contribution is 6.12. The topological polar surface area (TPSA) is 74.0 Å². The zero-order chi connectivity index (χ0) is 19.0. The van der Waals surface area contributed by atoms with Crippen LogP contribution < -0.4 is 10.6 Å². The van der Waals surface area contributed by atoms with Crippen molar-refractivity contribution in [2.75, 3.05) is 10.6 Å². The number of fused-ring (bicyclic) bond motifs is 3. The number of carbonyl (C=O) groups is 2. The van der Waals surface area contributed by atoms with Crippen LogP contribution in [0.1, 0.15) is 41.9 Å².